The quantitative estimate of drug-likeness (QED) is 0.772. The lowest BCUT2D eigenvalue weighted by Crippen LogP contribution is -1.96. The number of halogens is 1. The maximum Gasteiger partial charge on any atom is 0.168 e. The first-order valence-electron chi connectivity index (χ1n) is 5.67. The van der Waals surface area contributed by atoms with Gasteiger partial charge in [-0.1, -0.05) is 36.4 Å². The van der Waals surface area contributed by atoms with Crippen molar-refractivity contribution >= 4 is 11.6 Å². The predicted octanol–water partition coefficient (Wildman–Crippen LogP) is 4.11. The van der Waals surface area contributed by atoms with Crippen molar-refractivity contribution in [2.24, 2.45) is 0 Å². The van der Waals surface area contributed by atoms with Gasteiger partial charge in [0.25, 0.3) is 0 Å². The fraction of sp³-hybridized carbons (Fsp3) is 0.200. The largest absolute Gasteiger partial charge is 0.493 e. The monoisotopic (exact) mass is 262 g/mol. The van der Waals surface area contributed by atoms with E-state index in [4.69, 9.17) is 21.1 Å². The van der Waals surface area contributed by atoms with Crippen molar-refractivity contribution < 1.29 is 9.47 Å². The summed E-state index contributed by atoms with van der Waals surface area (Å²) in [4.78, 5) is 0. The van der Waals surface area contributed by atoms with Crippen molar-refractivity contribution in [3.63, 3.8) is 0 Å². The maximum absolute atomic E-state index is 6.01. The van der Waals surface area contributed by atoms with E-state index in [1.807, 2.05) is 42.5 Å². The van der Waals surface area contributed by atoms with Crippen molar-refractivity contribution in [3.8, 4) is 22.6 Å². The van der Waals surface area contributed by atoms with Gasteiger partial charge >= 0.3 is 0 Å². The zero-order valence-corrected chi connectivity index (χ0v) is 11.2. The first kappa shape index (κ1) is 12.8. The average molecular weight is 263 g/mol. The zero-order chi connectivity index (χ0) is 13.0. The van der Waals surface area contributed by atoms with Gasteiger partial charge < -0.3 is 9.47 Å². The molecule has 2 aromatic rings. The standard InChI is InChI=1S/C15H15ClO2/c1-17-13-9-8-12(10-16)14(15(13)18-2)11-6-4-3-5-7-11/h3-9H,10H2,1-2H3. The Morgan fingerprint density at radius 2 is 1.67 bits per heavy atom. The fourth-order valence-electron chi connectivity index (χ4n) is 2.00. The van der Waals surface area contributed by atoms with Gasteiger partial charge in [0.15, 0.2) is 11.5 Å². The summed E-state index contributed by atoms with van der Waals surface area (Å²) in [6, 6.07) is 13.9. The van der Waals surface area contributed by atoms with E-state index < -0.39 is 0 Å². The predicted molar refractivity (Wildman–Crippen MR) is 74.5 cm³/mol. The maximum atomic E-state index is 6.01. The van der Waals surface area contributed by atoms with E-state index in [-0.39, 0.29) is 0 Å². The Bertz CT molecular complexity index is 524. The number of methoxy groups -OCH3 is 2. The molecule has 0 aliphatic carbocycles. The molecule has 0 heterocycles. The molecule has 2 aromatic carbocycles. The Labute approximate surface area is 112 Å². The highest BCUT2D eigenvalue weighted by atomic mass is 35.5. The number of hydrogen-bond donors (Lipinski definition) is 0. The van der Waals surface area contributed by atoms with Crippen LogP contribution >= 0.6 is 11.6 Å². The lowest BCUT2D eigenvalue weighted by atomic mass is 9.99. The Morgan fingerprint density at radius 3 is 2.22 bits per heavy atom. The molecule has 0 atom stereocenters. The van der Waals surface area contributed by atoms with Gasteiger partial charge in [0.05, 0.1) is 14.2 Å². The van der Waals surface area contributed by atoms with E-state index in [0.717, 1.165) is 22.4 Å². The molecule has 94 valence electrons. The van der Waals surface area contributed by atoms with Crippen molar-refractivity contribution in [2.75, 3.05) is 14.2 Å². The van der Waals surface area contributed by atoms with Crippen molar-refractivity contribution in [3.05, 3.63) is 48.0 Å². The van der Waals surface area contributed by atoms with Crippen LogP contribution in [0.2, 0.25) is 0 Å². The van der Waals surface area contributed by atoms with Gasteiger partial charge in [-0.3, -0.25) is 0 Å². The Balaban J connectivity index is 2.69. The molecular formula is C15H15ClO2. The van der Waals surface area contributed by atoms with Crippen LogP contribution in [0.4, 0.5) is 0 Å². The first-order valence-corrected chi connectivity index (χ1v) is 6.20. The molecule has 3 heteroatoms. The fourth-order valence-corrected chi connectivity index (χ4v) is 2.22. The number of rotatable bonds is 4. The van der Waals surface area contributed by atoms with Gasteiger partial charge in [0.1, 0.15) is 0 Å². The SMILES string of the molecule is COc1ccc(CCl)c(-c2ccccc2)c1OC. The van der Waals surface area contributed by atoms with E-state index in [2.05, 4.69) is 0 Å². The first-order chi connectivity index (χ1) is 8.81. The van der Waals surface area contributed by atoms with Crippen molar-refractivity contribution in [1.29, 1.82) is 0 Å². The molecule has 0 N–H and O–H groups in total. The molecule has 0 bridgehead atoms. The summed E-state index contributed by atoms with van der Waals surface area (Å²) < 4.78 is 10.8. The van der Waals surface area contributed by atoms with Gasteiger partial charge in [0, 0.05) is 11.4 Å². The minimum absolute atomic E-state index is 0.435. The highest BCUT2D eigenvalue weighted by molar-refractivity contribution is 6.17. The Kier molecular flexibility index (Phi) is 4.11. The Hall–Kier alpha value is -1.67. The molecule has 0 unspecified atom stereocenters. The van der Waals surface area contributed by atoms with Gasteiger partial charge in [-0.05, 0) is 17.2 Å². The molecule has 2 rings (SSSR count). The second-order valence-corrected chi connectivity index (χ2v) is 4.10. The van der Waals surface area contributed by atoms with Crippen LogP contribution in [0.15, 0.2) is 42.5 Å². The molecule has 0 amide bonds. The van der Waals surface area contributed by atoms with E-state index in [1.165, 1.54) is 0 Å². The summed E-state index contributed by atoms with van der Waals surface area (Å²) in [5, 5.41) is 0. The summed E-state index contributed by atoms with van der Waals surface area (Å²) in [7, 11) is 3.27. The van der Waals surface area contributed by atoms with Crippen LogP contribution in [-0.2, 0) is 5.88 Å². The minimum Gasteiger partial charge on any atom is -0.493 e. The third-order valence-electron chi connectivity index (χ3n) is 2.84. The van der Waals surface area contributed by atoms with Gasteiger partial charge in [0.2, 0.25) is 0 Å². The number of ether oxygens (including phenoxy) is 2. The summed E-state index contributed by atoms with van der Waals surface area (Å²) in [6.45, 7) is 0. The van der Waals surface area contributed by atoms with E-state index >= 15 is 0 Å². The summed E-state index contributed by atoms with van der Waals surface area (Å²) in [6.07, 6.45) is 0. The van der Waals surface area contributed by atoms with Crippen LogP contribution in [0, 0.1) is 0 Å². The van der Waals surface area contributed by atoms with Crippen LogP contribution in [0.1, 0.15) is 5.56 Å². The second kappa shape index (κ2) is 5.78. The van der Waals surface area contributed by atoms with Crippen LogP contribution in [-0.4, -0.2) is 14.2 Å². The van der Waals surface area contributed by atoms with Crippen LogP contribution < -0.4 is 9.47 Å². The molecule has 0 spiro atoms. The topological polar surface area (TPSA) is 18.5 Å². The molecule has 18 heavy (non-hydrogen) atoms. The summed E-state index contributed by atoms with van der Waals surface area (Å²) >= 11 is 6.01. The molecule has 2 nitrogen and oxygen atoms in total. The van der Waals surface area contributed by atoms with Gasteiger partial charge in [-0.15, -0.1) is 11.6 Å². The summed E-state index contributed by atoms with van der Waals surface area (Å²) in [5.41, 5.74) is 3.09. The second-order valence-electron chi connectivity index (χ2n) is 3.83. The normalized spacial score (nSPS) is 10.2. The third-order valence-corrected chi connectivity index (χ3v) is 3.13. The van der Waals surface area contributed by atoms with Crippen LogP contribution in [0.3, 0.4) is 0 Å². The van der Waals surface area contributed by atoms with Gasteiger partial charge in [-0.2, -0.15) is 0 Å². The van der Waals surface area contributed by atoms with Crippen molar-refractivity contribution in [2.45, 2.75) is 5.88 Å². The van der Waals surface area contributed by atoms with Crippen LogP contribution in [0.25, 0.3) is 11.1 Å². The molecule has 0 radical (unpaired) electrons. The highest BCUT2D eigenvalue weighted by Crippen LogP contribution is 2.41. The minimum atomic E-state index is 0.435. The Morgan fingerprint density at radius 1 is 0.944 bits per heavy atom. The van der Waals surface area contributed by atoms with E-state index in [0.29, 0.717) is 11.6 Å². The zero-order valence-electron chi connectivity index (χ0n) is 10.4. The smallest absolute Gasteiger partial charge is 0.168 e. The molecular weight excluding hydrogens is 248 g/mol. The average Bonchev–Trinajstić information content (AvgIpc) is 2.46. The van der Waals surface area contributed by atoms with E-state index in [1.54, 1.807) is 14.2 Å². The molecule has 0 saturated carbocycles. The number of benzene rings is 2. The third kappa shape index (κ3) is 2.29. The molecule has 0 saturated heterocycles. The molecule has 0 fully saturated rings. The van der Waals surface area contributed by atoms with Gasteiger partial charge in [-0.25, -0.2) is 0 Å². The summed E-state index contributed by atoms with van der Waals surface area (Å²) in [5.74, 6) is 1.87. The highest BCUT2D eigenvalue weighted by Gasteiger charge is 2.15. The van der Waals surface area contributed by atoms with Crippen molar-refractivity contribution in [1.82, 2.24) is 0 Å². The number of alkyl halides is 1. The number of hydrogen-bond acceptors (Lipinski definition) is 2. The van der Waals surface area contributed by atoms with Crippen LogP contribution in [0.5, 0.6) is 11.5 Å². The lowest BCUT2D eigenvalue weighted by Gasteiger charge is -2.16. The molecule has 0 aliphatic rings. The van der Waals surface area contributed by atoms with E-state index in [9.17, 15) is 0 Å². The lowest BCUT2D eigenvalue weighted by molar-refractivity contribution is 0.356. The molecule has 0 aromatic heterocycles. The molecule has 0 aliphatic heterocycles.